The van der Waals surface area contributed by atoms with Crippen LogP contribution < -0.4 is 21.3 Å². The molecular weight excluding hydrogens is 803 g/mol. The molecule has 0 atom stereocenters. The van der Waals surface area contributed by atoms with Gasteiger partial charge in [0.1, 0.15) is 11.2 Å². The van der Waals surface area contributed by atoms with Gasteiger partial charge in [0.25, 0.3) is 0 Å². The molecule has 66 heavy (non-hydrogen) atoms. The smallest absolute Gasteiger partial charge is 0.247 e. The molecule has 2 aromatic heterocycles. The Hall–Kier alpha value is -8.02. The summed E-state index contributed by atoms with van der Waals surface area (Å²) in [7, 11) is 2.26. The molecule has 0 fully saturated rings. The van der Waals surface area contributed by atoms with Gasteiger partial charge >= 0.3 is 0 Å². The maximum absolute atomic E-state index is 7.13. The van der Waals surface area contributed by atoms with E-state index >= 15 is 0 Å². The van der Waals surface area contributed by atoms with Gasteiger partial charge in [-0.1, -0.05) is 172 Å². The fraction of sp³-hybridized carbons (Fsp3) is 0.0820. The number of nitrogens with zero attached hydrogens (tertiary/aromatic N) is 1. The molecule has 14 rings (SSSR count). The van der Waals surface area contributed by atoms with Gasteiger partial charge in [-0.05, 0) is 103 Å². The van der Waals surface area contributed by atoms with E-state index in [1.807, 2.05) is 0 Å². The standard InChI is InChI=1S/C61H42BN2O2/c1-60(2,3)37-32-33-51(43(34-37)36-18-5-4-6-19-36)64-56-42-23-10-16-31-53(42)66-59(56)62-54-44(35-45-40-22-9-15-30-52(40)65-58(45)57(54)64)41-24-17-28-49-55(41)63-50-29-14-13-27-48(50)61(49)46-25-11-7-20-38(46)39-21-8-12-26-47(39)61/h4-35,63H,1-3H3. The molecule has 0 saturated heterocycles. The lowest BCUT2D eigenvalue weighted by atomic mass is 9.60. The molecule has 1 N–H and O–H groups in total. The maximum atomic E-state index is 7.13. The van der Waals surface area contributed by atoms with Gasteiger partial charge in [0.05, 0.1) is 33.8 Å². The largest absolute Gasteiger partial charge is 0.469 e. The molecule has 311 valence electrons. The van der Waals surface area contributed by atoms with E-state index in [2.05, 4.69) is 232 Å². The van der Waals surface area contributed by atoms with Crippen LogP contribution in [0.2, 0.25) is 0 Å². The summed E-state index contributed by atoms with van der Waals surface area (Å²) < 4.78 is 14.1. The van der Waals surface area contributed by atoms with E-state index in [9.17, 15) is 0 Å². The van der Waals surface area contributed by atoms with E-state index in [1.165, 1.54) is 38.9 Å². The number of hydrogen-bond donors (Lipinski definition) is 1. The monoisotopic (exact) mass is 845 g/mol. The number of benzene rings is 9. The fourth-order valence-corrected chi connectivity index (χ4v) is 11.6. The van der Waals surface area contributed by atoms with Crippen molar-refractivity contribution in [2.45, 2.75) is 31.6 Å². The summed E-state index contributed by atoms with van der Waals surface area (Å²) in [5, 5.41) is 7.24. The molecule has 1 aliphatic carbocycles. The molecule has 4 nitrogen and oxygen atoms in total. The molecule has 3 aliphatic rings. The normalized spacial score (nSPS) is 14.0. The minimum Gasteiger partial charge on any atom is -0.469 e. The van der Waals surface area contributed by atoms with Crippen LogP contribution in [-0.4, -0.2) is 7.28 Å². The first kappa shape index (κ1) is 37.4. The van der Waals surface area contributed by atoms with Gasteiger partial charge in [-0.25, -0.2) is 0 Å². The van der Waals surface area contributed by atoms with Gasteiger partial charge in [-0.15, -0.1) is 0 Å². The van der Waals surface area contributed by atoms with Gasteiger partial charge in [0, 0.05) is 33.0 Å². The number of fused-ring (bicyclic) bond motifs is 17. The fourth-order valence-electron chi connectivity index (χ4n) is 11.6. The van der Waals surface area contributed by atoms with Gasteiger partial charge in [0.15, 0.2) is 5.58 Å². The van der Waals surface area contributed by atoms with Gasteiger partial charge < -0.3 is 19.1 Å². The maximum Gasteiger partial charge on any atom is 0.247 e. The lowest BCUT2D eigenvalue weighted by Gasteiger charge is -2.41. The second-order valence-corrected chi connectivity index (χ2v) is 19.0. The Morgan fingerprint density at radius 2 is 1.11 bits per heavy atom. The average Bonchev–Trinajstić information content (AvgIpc) is 4.01. The lowest BCUT2D eigenvalue weighted by Crippen LogP contribution is -2.40. The van der Waals surface area contributed by atoms with Crippen molar-refractivity contribution in [3.63, 3.8) is 0 Å². The van der Waals surface area contributed by atoms with Crippen LogP contribution in [0.3, 0.4) is 0 Å². The first-order chi connectivity index (χ1) is 32.4. The Morgan fingerprint density at radius 3 is 1.86 bits per heavy atom. The topological polar surface area (TPSA) is 41.6 Å². The molecule has 9 aromatic carbocycles. The van der Waals surface area contributed by atoms with E-state index in [1.54, 1.807) is 0 Å². The van der Waals surface area contributed by atoms with Crippen LogP contribution in [0.25, 0.3) is 66.3 Å². The Kier molecular flexibility index (Phi) is 7.65. The summed E-state index contributed by atoms with van der Waals surface area (Å²) in [5.74, 6) is 0. The van der Waals surface area contributed by atoms with Crippen molar-refractivity contribution in [2.24, 2.45) is 0 Å². The molecule has 4 heterocycles. The molecule has 2 aliphatic heterocycles. The van der Waals surface area contributed by atoms with E-state index in [-0.39, 0.29) is 5.41 Å². The highest BCUT2D eigenvalue weighted by atomic mass is 16.3. The third-order valence-corrected chi connectivity index (χ3v) is 14.5. The highest BCUT2D eigenvalue weighted by Crippen LogP contribution is 2.62. The molecule has 0 bridgehead atoms. The molecule has 0 amide bonds. The third-order valence-electron chi connectivity index (χ3n) is 14.5. The summed E-state index contributed by atoms with van der Waals surface area (Å²) in [6.07, 6.45) is 0. The number of para-hydroxylation sites is 4. The van der Waals surface area contributed by atoms with Crippen molar-refractivity contribution < 1.29 is 8.83 Å². The quantitative estimate of drug-likeness (QED) is 0.180. The average molecular weight is 846 g/mol. The van der Waals surface area contributed by atoms with Crippen LogP contribution in [-0.2, 0) is 10.8 Å². The second kappa shape index (κ2) is 13.5. The van der Waals surface area contributed by atoms with Gasteiger partial charge in [-0.3, -0.25) is 0 Å². The number of nitrogens with one attached hydrogen (secondary N) is 1. The molecule has 11 aromatic rings. The summed E-state index contributed by atoms with van der Waals surface area (Å²) in [6, 6.07) is 70.8. The number of hydrogen-bond acceptors (Lipinski definition) is 4. The minimum absolute atomic E-state index is 0.0714. The van der Waals surface area contributed by atoms with Crippen molar-refractivity contribution in [3.05, 3.63) is 222 Å². The number of rotatable bonds is 3. The van der Waals surface area contributed by atoms with E-state index < -0.39 is 5.41 Å². The van der Waals surface area contributed by atoms with E-state index in [4.69, 9.17) is 8.83 Å². The lowest BCUT2D eigenvalue weighted by molar-refractivity contribution is 0.590. The second-order valence-electron chi connectivity index (χ2n) is 19.0. The third kappa shape index (κ3) is 5.00. The first-order valence-electron chi connectivity index (χ1n) is 22.9. The zero-order valence-electron chi connectivity index (χ0n) is 36.8. The van der Waals surface area contributed by atoms with Crippen molar-refractivity contribution in [1.82, 2.24) is 0 Å². The van der Waals surface area contributed by atoms with Crippen molar-refractivity contribution in [2.75, 3.05) is 10.2 Å². The zero-order chi connectivity index (χ0) is 43.9. The van der Waals surface area contributed by atoms with Crippen LogP contribution in [0.5, 0.6) is 0 Å². The van der Waals surface area contributed by atoms with Crippen LogP contribution in [0.1, 0.15) is 48.6 Å². The first-order valence-corrected chi connectivity index (χ1v) is 22.9. The Morgan fingerprint density at radius 1 is 0.485 bits per heavy atom. The highest BCUT2D eigenvalue weighted by molar-refractivity contribution is 6.73. The summed E-state index contributed by atoms with van der Waals surface area (Å²) in [5.41, 5.74) is 22.3. The molecular formula is C61H42BN2O2. The predicted octanol–water partition coefficient (Wildman–Crippen LogP) is 14.8. The molecule has 0 unspecified atom stereocenters. The van der Waals surface area contributed by atoms with Crippen LogP contribution in [0.15, 0.2) is 203 Å². The van der Waals surface area contributed by atoms with Gasteiger partial charge in [-0.2, -0.15) is 0 Å². The minimum atomic E-state index is -0.548. The Labute approximate surface area is 384 Å². The van der Waals surface area contributed by atoms with Crippen LogP contribution in [0, 0.1) is 0 Å². The molecule has 1 spiro atoms. The van der Waals surface area contributed by atoms with E-state index in [0.29, 0.717) is 0 Å². The predicted molar refractivity (Wildman–Crippen MR) is 273 cm³/mol. The summed E-state index contributed by atoms with van der Waals surface area (Å²) >= 11 is 0. The van der Waals surface area contributed by atoms with Crippen LogP contribution in [0.4, 0.5) is 28.4 Å². The van der Waals surface area contributed by atoms with Crippen molar-refractivity contribution in [1.29, 1.82) is 0 Å². The molecule has 0 saturated carbocycles. The van der Waals surface area contributed by atoms with Crippen molar-refractivity contribution >= 4 is 79.7 Å². The number of furan rings is 2. The van der Waals surface area contributed by atoms with Gasteiger partial charge in [0.2, 0.25) is 7.28 Å². The Balaban J connectivity index is 1.12. The SMILES string of the molecule is CC(C)(C)c1ccc(N2c3c(oc4ccccc34)[B]c3c(-c4cccc5c4Nc4ccccc4C54c5ccccc5-c5ccccc54)cc4c(oc5ccccc54)c32)c(-c2ccccc2)c1. The molecule has 1 radical (unpaired) electrons. The summed E-state index contributed by atoms with van der Waals surface area (Å²) in [4.78, 5) is 2.45. The zero-order valence-corrected chi connectivity index (χ0v) is 36.8. The Bertz CT molecular complexity index is 3790. The molecule has 5 heteroatoms. The van der Waals surface area contributed by atoms with E-state index in [0.717, 1.165) is 94.7 Å². The summed E-state index contributed by atoms with van der Waals surface area (Å²) in [6.45, 7) is 6.86. The number of anilines is 5. The van der Waals surface area contributed by atoms with Crippen molar-refractivity contribution in [3.8, 4) is 33.4 Å². The van der Waals surface area contributed by atoms with Crippen LogP contribution >= 0.6 is 0 Å². The highest BCUT2D eigenvalue weighted by Gasteiger charge is 2.50.